The van der Waals surface area contributed by atoms with Crippen LogP contribution in [0.4, 0.5) is 5.82 Å². The van der Waals surface area contributed by atoms with Gasteiger partial charge < -0.3 is 20.3 Å². The van der Waals surface area contributed by atoms with Gasteiger partial charge in [-0.1, -0.05) is 12.1 Å². The zero-order valence-electron chi connectivity index (χ0n) is 11.7. The van der Waals surface area contributed by atoms with Gasteiger partial charge in [0.2, 0.25) is 5.91 Å². The van der Waals surface area contributed by atoms with Crippen LogP contribution in [-0.4, -0.2) is 45.6 Å². The molecule has 1 fully saturated rings. The Morgan fingerprint density at radius 2 is 2.14 bits per heavy atom. The lowest BCUT2D eigenvalue weighted by Gasteiger charge is -2.45. The Bertz CT molecular complexity index is 816. The number of para-hydroxylation sites is 2. The molecule has 22 heavy (non-hydrogen) atoms. The van der Waals surface area contributed by atoms with Crippen molar-refractivity contribution < 1.29 is 14.7 Å². The second-order valence-corrected chi connectivity index (χ2v) is 5.15. The third-order valence-electron chi connectivity index (χ3n) is 3.61. The molecule has 114 valence electrons. The quantitative estimate of drug-likeness (QED) is 0.717. The van der Waals surface area contributed by atoms with Gasteiger partial charge in [0.25, 0.3) is 5.56 Å². The molecule has 0 saturated carbocycles. The van der Waals surface area contributed by atoms with E-state index >= 15 is 0 Å². The van der Waals surface area contributed by atoms with Crippen molar-refractivity contribution >= 4 is 28.7 Å². The molecule has 0 aliphatic carbocycles. The highest BCUT2D eigenvalue weighted by atomic mass is 16.4. The highest BCUT2D eigenvalue weighted by Gasteiger charge is 2.46. The van der Waals surface area contributed by atoms with Crippen LogP contribution in [0.15, 0.2) is 29.1 Å². The number of aromatic nitrogens is 2. The molecule has 1 aromatic carbocycles. The number of aliphatic carboxylic acids is 1. The molecular formula is C14H14N4O4. The van der Waals surface area contributed by atoms with E-state index in [4.69, 9.17) is 0 Å². The number of amides is 1. The number of aromatic amines is 1. The number of carbonyl (C=O) groups excluding carboxylic acids is 1. The van der Waals surface area contributed by atoms with Gasteiger partial charge in [-0.3, -0.25) is 9.59 Å². The van der Waals surface area contributed by atoms with Crippen LogP contribution in [0.5, 0.6) is 0 Å². The molecule has 0 bridgehead atoms. The third-order valence-corrected chi connectivity index (χ3v) is 3.61. The van der Waals surface area contributed by atoms with Crippen molar-refractivity contribution in [1.82, 2.24) is 15.3 Å². The molecule has 3 rings (SSSR count). The Hall–Kier alpha value is -2.90. The number of nitrogens with one attached hydrogen (secondary N) is 2. The first-order chi connectivity index (χ1) is 10.5. The van der Waals surface area contributed by atoms with Crippen LogP contribution >= 0.6 is 0 Å². The lowest BCUT2D eigenvalue weighted by atomic mass is 9.96. The van der Waals surface area contributed by atoms with E-state index in [9.17, 15) is 19.5 Å². The zero-order valence-corrected chi connectivity index (χ0v) is 11.7. The molecule has 2 atom stereocenters. The number of fused-ring (bicyclic) bond motifs is 1. The van der Waals surface area contributed by atoms with E-state index in [2.05, 4.69) is 15.3 Å². The molecule has 1 saturated heterocycles. The Kier molecular flexibility index (Phi) is 3.28. The maximum atomic E-state index is 12.1. The van der Waals surface area contributed by atoms with Crippen LogP contribution < -0.4 is 15.8 Å². The molecule has 1 amide bonds. The van der Waals surface area contributed by atoms with E-state index < -0.39 is 23.6 Å². The van der Waals surface area contributed by atoms with Crippen LogP contribution in [0.3, 0.4) is 0 Å². The lowest BCUT2D eigenvalue weighted by molar-refractivity contribution is -0.141. The second-order valence-electron chi connectivity index (χ2n) is 5.15. The number of nitrogens with zero attached hydrogens (tertiary/aromatic N) is 2. The molecule has 1 aliphatic rings. The number of carboxylic acids is 1. The molecule has 2 aromatic rings. The first-order valence-electron chi connectivity index (χ1n) is 6.73. The van der Waals surface area contributed by atoms with Crippen molar-refractivity contribution in [2.45, 2.75) is 19.0 Å². The van der Waals surface area contributed by atoms with Gasteiger partial charge >= 0.3 is 5.97 Å². The summed E-state index contributed by atoms with van der Waals surface area (Å²) < 4.78 is 0. The molecule has 1 aromatic heterocycles. The SMILES string of the molecule is CC(=O)N[C@@H]1CN(c2nc3ccccc3[nH]c2=O)[C@@H]1C(=O)O. The van der Waals surface area contributed by atoms with Gasteiger partial charge in [-0.25, -0.2) is 9.78 Å². The first kappa shape index (κ1) is 14.1. The summed E-state index contributed by atoms with van der Waals surface area (Å²) in [5.41, 5.74) is 0.706. The summed E-state index contributed by atoms with van der Waals surface area (Å²) in [7, 11) is 0. The number of anilines is 1. The van der Waals surface area contributed by atoms with E-state index in [0.717, 1.165) is 0 Å². The van der Waals surface area contributed by atoms with Gasteiger partial charge in [0.15, 0.2) is 11.9 Å². The summed E-state index contributed by atoms with van der Waals surface area (Å²) in [4.78, 5) is 42.9. The number of hydrogen-bond acceptors (Lipinski definition) is 5. The van der Waals surface area contributed by atoms with Gasteiger partial charge in [-0.15, -0.1) is 0 Å². The van der Waals surface area contributed by atoms with Crippen molar-refractivity contribution in [3.05, 3.63) is 34.6 Å². The van der Waals surface area contributed by atoms with Gasteiger partial charge in [0.1, 0.15) is 0 Å². The smallest absolute Gasteiger partial charge is 0.328 e. The molecule has 0 spiro atoms. The summed E-state index contributed by atoms with van der Waals surface area (Å²) in [5.74, 6) is -1.37. The number of H-pyrrole nitrogens is 1. The molecule has 2 heterocycles. The Balaban J connectivity index is 1.97. The minimum atomic E-state index is -1.11. The number of carboxylic acid groups (broad SMARTS) is 1. The summed E-state index contributed by atoms with van der Waals surface area (Å²) in [5, 5.41) is 11.9. The summed E-state index contributed by atoms with van der Waals surface area (Å²) >= 11 is 0. The molecule has 0 unspecified atom stereocenters. The predicted octanol–water partition coefficient (Wildman–Crippen LogP) is -0.299. The van der Waals surface area contributed by atoms with Crippen molar-refractivity contribution in [1.29, 1.82) is 0 Å². The monoisotopic (exact) mass is 302 g/mol. The maximum Gasteiger partial charge on any atom is 0.328 e. The average molecular weight is 302 g/mol. The summed E-state index contributed by atoms with van der Waals surface area (Å²) in [6.07, 6.45) is 0. The van der Waals surface area contributed by atoms with Gasteiger partial charge in [0, 0.05) is 13.5 Å². The Morgan fingerprint density at radius 3 is 2.82 bits per heavy atom. The molecular weight excluding hydrogens is 288 g/mol. The minimum absolute atomic E-state index is 0.0488. The van der Waals surface area contributed by atoms with E-state index in [1.165, 1.54) is 11.8 Å². The molecule has 8 nitrogen and oxygen atoms in total. The van der Waals surface area contributed by atoms with Crippen LogP contribution in [0.2, 0.25) is 0 Å². The lowest BCUT2D eigenvalue weighted by Crippen LogP contribution is -2.70. The predicted molar refractivity (Wildman–Crippen MR) is 78.7 cm³/mol. The molecule has 3 N–H and O–H groups in total. The highest BCUT2D eigenvalue weighted by molar-refractivity contribution is 5.84. The number of hydrogen-bond donors (Lipinski definition) is 3. The fourth-order valence-electron chi connectivity index (χ4n) is 2.63. The summed E-state index contributed by atoms with van der Waals surface area (Å²) in [6.45, 7) is 1.55. The standard InChI is InChI=1S/C14H14N4O4/c1-7(19)15-10-6-18(11(10)14(21)22)12-13(20)17-9-5-3-2-4-8(9)16-12/h2-5,10-11H,6H2,1H3,(H,15,19)(H,17,20)(H,21,22)/t10-,11+/m1/s1. The van der Waals surface area contributed by atoms with E-state index in [1.807, 2.05) is 0 Å². The first-order valence-corrected chi connectivity index (χ1v) is 6.73. The van der Waals surface area contributed by atoms with Crippen LogP contribution in [0, 0.1) is 0 Å². The normalized spacial score (nSPS) is 20.5. The number of benzene rings is 1. The van der Waals surface area contributed by atoms with Crippen molar-refractivity contribution in [3.8, 4) is 0 Å². The van der Waals surface area contributed by atoms with Crippen molar-refractivity contribution in [2.24, 2.45) is 0 Å². The average Bonchev–Trinajstić information content (AvgIpc) is 2.41. The highest BCUT2D eigenvalue weighted by Crippen LogP contribution is 2.24. The Labute approximate surface area is 124 Å². The van der Waals surface area contributed by atoms with E-state index in [0.29, 0.717) is 11.0 Å². The minimum Gasteiger partial charge on any atom is -0.480 e. The van der Waals surface area contributed by atoms with Crippen LogP contribution in [0.1, 0.15) is 6.92 Å². The van der Waals surface area contributed by atoms with E-state index in [-0.39, 0.29) is 18.3 Å². The van der Waals surface area contributed by atoms with Crippen LogP contribution in [-0.2, 0) is 9.59 Å². The molecule has 1 aliphatic heterocycles. The molecule has 0 radical (unpaired) electrons. The fraction of sp³-hybridized carbons (Fsp3) is 0.286. The zero-order chi connectivity index (χ0) is 15.9. The largest absolute Gasteiger partial charge is 0.480 e. The van der Waals surface area contributed by atoms with Gasteiger partial charge in [-0.2, -0.15) is 0 Å². The molecule has 8 heteroatoms. The topological polar surface area (TPSA) is 115 Å². The van der Waals surface area contributed by atoms with Crippen LogP contribution in [0.25, 0.3) is 11.0 Å². The van der Waals surface area contributed by atoms with Gasteiger partial charge in [0.05, 0.1) is 17.1 Å². The second kappa shape index (κ2) is 5.14. The van der Waals surface area contributed by atoms with Gasteiger partial charge in [-0.05, 0) is 12.1 Å². The number of rotatable bonds is 3. The van der Waals surface area contributed by atoms with E-state index in [1.54, 1.807) is 24.3 Å². The third kappa shape index (κ3) is 2.28. The van der Waals surface area contributed by atoms with Crippen molar-refractivity contribution in [3.63, 3.8) is 0 Å². The Morgan fingerprint density at radius 1 is 1.41 bits per heavy atom. The maximum absolute atomic E-state index is 12.1. The number of carbonyl (C=O) groups is 2. The summed E-state index contributed by atoms with van der Waals surface area (Å²) in [6, 6.07) is 5.47. The fourth-order valence-corrected chi connectivity index (χ4v) is 2.63. The van der Waals surface area contributed by atoms with Crippen molar-refractivity contribution in [2.75, 3.05) is 11.4 Å².